The van der Waals surface area contributed by atoms with Crippen LogP contribution >= 0.6 is 0 Å². The molecule has 3 aliphatic carbocycles. The van der Waals surface area contributed by atoms with Crippen LogP contribution in [0.5, 0.6) is 11.8 Å². The zero-order valence-corrected chi connectivity index (χ0v) is 41.3. The minimum Gasteiger partial charge on any atom is -0.508 e. The molecule has 2 saturated carbocycles. The topological polar surface area (TPSA) is 154 Å². The van der Waals surface area contributed by atoms with Crippen LogP contribution in [0.15, 0.2) is 36.3 Å². The zero-order chi connectivity index (χ0) is 49.9. The number of benzene rings is 2. The number of hydrogen-bond acceptors (Lipinski definition) is 12. The SMILES string of the molecule is C#CC1=C(F)CCc2cc(O)cc(-c3ncc4c(N5CC6CCC(C5)N6)nc(OCC5(CN6CCC7(CC6)CC(N6CCC(c8cc9c(cc8F)c(C8CCC(=O)NC8=O)nn9C)CC6)C7)CC5)nc4c3F)c21. The Hall–Kier alpha value is -6.09. The highest BCUT2D eigenvalue weighted by atomic mass is 19.1. The van der Waals surface area contributed by atoms with Crippen molar-refractivity contribution in [1.82, 2.24) is 45.2 Å². The number of aromatic nitrogens is 5. The molecule has 380 valence electrons. The second-order valence-electron chi connectivity index (χ2n) is 22.8. The number of anilines is 1. The number of piperidine rings is 3. The van der Waals surface area contributed by atoms with Gasteiger partial charge in [-0.1, -0.05) is 5.92 Å². The van der Waals surface area contributed by atoms with Crippen LogP contribution in [0.25, 0.3) is 38.6 Å². The van der Waals surface area contributed by atoms with Gasteiger partial charge in [-0.25, -0.2) is 13.2 Å². The van der Waals surface area contributed by atoms with Crippen LogP contribution in [-0.4, -0.2) is 122 Å². The molecule has 7 fully saturated rings. The summed E-state index contributed by atoms with van der Waals surface area (Å²) >= 11 is 0. The summed E-state index contributed by atoms with van der Waals surface area (Å²) in [6.45, 7) is 6.74. The van der Waals surface area contributed by atoms with Crippen molar-refractivity contribution in [3.63, 3.8) is 0 Å². The number of piperazine rings is 1. The Kier molecular flexibility index (Phi) is 11.4. The summed E-state index contributed by atoms with van der Waals surface area (Å²) in [5.74, 6) is 0.465. The summed E-state index contributed by atoms with van der Waals surface area (Å²) in [5, 5.41) is 22.6. The molecule has 13 rings (SSSR count). The maximum atomic E-state index is 17.2. The number of aryl methyl sites for hydroxylation is 2. The molecule has 14 nitrogen and oxygen atoms in total. The third kappa shape index (κ3) is 8.32. The second kappa shape index (κ2) is 17.8. The number of fused-ring (bicyclic) bond motifs is 5. The lowest BCUT2D eigenvalue weighted by Crippen LogP contribution is -2.56. The highest BCUT2D eigenvalue weighted by molar-refractivity contribution is 6.02. The summed E-state index contributed by atoms with van der Waals surface area (Å²) in [6, 6.07) is 7.71. The lowest BCUT2D eigenvalue weighted by atomic mass is 9.59. The highest BCUT2D eigenvalue weighted by Gasteiger charge is 2.51. The minimum absolute atomic E-state index is 0.0369. The Morgan fingerprint density at radius 3 is 2.40 bits per heavy atom. The number of aromatic hydroxyl groups is 1. The Labute approximate surface area is 422 Å². The van der Waals surface area contributed by atoms with Crippen molar-refractivity contribution in [2.75, 3.05) is 57.3 Å². The smallest absolute Gasteiger partial charge is 0.319 e. The molecule has 2 bridgehead atoms. The van der Waals surface area contributed by atoms with Gasteiger partial charge < -0.3 is 29.9 Å². The zero-order valence-electron chi connectivity index (χ0n) is 41.3. The van der Waals surface area contributed by atoms with Crippen molar-refractivity contribution in [3.05, 3.63) is 70.3 Å². The van der Waals surface area contributed by atoms with Gasteiger partial charge in [0.15, 0.2) is 5.82 Å². The third-order valence-corrected chi connectivity index (χ3v) is 18.2. The first-order valence-electron chi connectivity index (χ1n) is 26.5. The van der Waals surface area contributed by atoms with Crippen molar-refractivity contribution in [1.29, 1.82) is 0 Å². The van der Waals surface area contributed by atoms with Gasteiger partial charge >= 0.3 is 6.01 Å². The van der Waals surface area contributed by atoms with Crippen molar-refractivity contribution >= 4 is 45.0 Å². The van der Waals surface area contributed by atoms with Crippen LogP contribution in [0.1, 0.15) is 118 Å². The largest absolute Gasteiger partial charge is 0.508 e. The molecule has 8 heterocycles. The number of rotatable bonds is 10. The molecule has 17 heteroatoms. The molecular weight excluding hydrogens is 934 g/mol. The van der Waals surface area contributed by atoms with Crippen LogP contribution in [0, 0.1) is 34.8 Å². The first-order chi connectivity index (χ1) is 35.3. The molecule has 3 atom stereocenters. The van der Waals surface area contributed by atoms with Crippen LogP contribution in [0.3, 0.4) is 0 Å². The number of carbonyl (C=O) groups excluding carboxylic acids is 2. The summed E-state index contributed by atoms with van der Waals surface area (Å²) < 4.78 is 56.5. The maximum absolute atomic E-state index is 17.2. The Morgan fingerprint density at radius 2 is 1.67 bits per heavy atom. The van der Waals surface area contributed by atoms with Crippen LogP contribution < -0.4 is 20.3 Å². The number of ether oxygens (including phenoxy) is 1. The van der Waals surface area contributed by atoms with E-state index in [1.807, 2.05) is 13.1 Å². The van der Waals surface area contributed by atoms with Gasteiger partial charge in [-0.15, -0.1) is 6.42 Å². The maximum Gasteiger partial charge on any atom is 0.319 e. The number of likely N-dealkylation sites (tertiary alicyclic amines) is 2. The standard InChI is InChI=1S/C56H61F3N10O4/c1-3-37-43(57)8-4-32-20-36(70)21-41(47(32)37)50-48(59)51-42(26-60-50)52(69-27-33-5-6-34(28-69)61-33)64-54(63-51)73-30-56(12-13-56)29-67-18-14-55(15-19-67)24-35(25-55)68-16-10-31(11-17-68)39-23-45-40(22-44(39)58)49(65-66(45)2)38-7-9-46(71)62-53(38)72/h1,20-23,26,31,33-35,38,61,70H,4-19,24-25,27-30H2,2H3,(H,62,71,72). The van der Waals surface area contributed by atoms with E-state index in [0.29, 0.717) is 89.5 Å². The van der Waals surface area contributed by atoms with Gasteiger partial charge in [0.2, 0.25) is 11.8 Å². The number of nitrogens with one attached hydrogen (secondary N) is 2. The van der Waals surface area contributed by atoms with Crippen molar-refractivity contribution in [3.8, 4) is 35.4 Å². The van der Waals surface area contributed by atoms with Gasteiger partial charge in [-0.05, 0) is 150 Å². The van der Waals surface area contributed by atoms with Crippen molar-refractivity contribution < 1.29 is 32.6 Å². The van der Waals surface area contributed by atoms with E-state index in [4.69, 9.17) is 21.1 Å². The summed E-state index contributed by atoms with van der Waals surface area (Å²) in [7, 11) is 1.83. The predicted molar refractivity (Wildman–Crippen MR) is 269 cm³/mol. The fraction of sp³-hybridized carbons (Fsp3) is 0.536. The molecule has 73 heavy (non-hydrogen) atoms. The number of phenolic OH excluding ortho intramolecular Hbond substituents is 1. The fourth-order valence-corrected chi connectivity index (χ4v) is 13.9. The van der Waals surface area contributed by atoms with E-state index in [1.54, 1.807) is 23.0 Å². The highest BCUT2D eigenvalue weighted by Crippen LogP contribution is 2.54. The molecule has 2 aromatic carbocycles. The molecule has 5 aliphatic heterocycles. The van der Waals surface area contributed by atoms with E-state index >= 15 is 13.2 Å². The monoisotopic (exact) mass is 994 g/mol. The molecule has 3 aromatic heterocycles. The average molecular weight is 995 g/mol. The van der Waals surface area contributed by atoms with E-state index < -0.39 is 17.6 Å². The minimum atomic E-state index is -0.704. The third-order valence-electron chi connectivity index (χ3n) is 18.2. The Morgan fingerprint density at radius 1 is 0.904 bits per heavy atom. The van der Waals surface area contributed by atoms with Gasteiger partial charge in [-0.3, -0.25) is 24.6 Å². The van der Waals surface area contributed by atoms with E-state index in [1.165, 1.54) is 31.7 Å². The normalized spacial score (nSPS) is 25.3. The molecule has 5 saturated heterocycles. The van der Waals surface area contributed by atoms with Crippen LogP contribution in [0.4, 0.5) is 19.0 Å². The van der Waals surface area contributed by atoms with Gasteiger partial charge in [0, 0.05) is 85.8 Å². The Balaban J connectivity index is 0.652. The number of phenols is 1. The first-order valence-corrected chi connectivity index (χ1v) is 26.5. The number of carbonyl (C=O) groups is 2. The van der Waals surface area contributed by atoms with Gasteiger partial charge in [0.05, 0.1) is 34.7 Å². The predicted octanol–water partition coefficient (Wildman–Crippen LogP) is 7.57. The van der Waals surface area contributed by atoms with Gasteiger partial charge in [0.25, 0.3) is 0 Å². The molecule has 5 aromatic rings. The van der Waals surface area contributed by atoms with Crippen LogP contribution in [-0.2, 0) is 23.1 Å². The van der Waals surface area contributed by atoms with Crippen LogP contribution in [0.2, 0.25) is 0 Å². The number of nitrogens with zero attached hydrogens (tertiary/aromatic N) is 8. The fourth-order valence-electron chi connectivity index (χ4n) is 13.9. The second-order valence-corrected chi connectivity index (χ2v) is 22.8. The quantitative estimate of drug-likeness (QED) is 0.0935. The Bertz CT molecular complexity index is 3160. The molecule has 8 aliphatic rings. The number of amides is 2. The summed E-state index contributed by atoms with van der Waals surface area (Å²) in [6.07, 6.45) is 19.2. The number of imide groups is 1. The number of halogens is 3. The van der Waals surface area contributed by atoms with Gasteiger partial charge in [0.1, 0.15) is 34.4 Å². The number of terminal acetylenes is 1. The van der Waals surface area contributed by atoms with Crippen molar-refractivity contribution in [2.24, 2.45) is 17.9 Å². The molecule has 1 spiro atoms. The molecular formula is C56H61F3N10O4. The summed E-state index contributed by atoms with van der Waals surface area (Å²) in [5.41, 5.74) is 3.66. The number of allylic oxidation sites excluding steroid dienone is 2. The van der Waals surface area contributed by atoms with E-state index in [0.717, 1.165) is 82.3 Å². The van der Waals surface area contributed by atoms with Gasteiger partial charge in [-0.2, -0.15) is 15.1 Å². The number of pyridine rings is 1. The van der Waals surface area contributed by atoms with Crippen molar-refractivity contribution in [2.45, 2.75) is 120 Å². The first kappa shape index (κ1) is 46.7. The average Bonchev–Trinajstić information content (AvgIpc) is 3.96. The van der Waals surface area contributed by atoms with E-state index in [2.05, 4.69) is 41.3 Å². The molecule has 0 radical (unpaired) electrons. The van der Waals surface area contributed by atoms with E-state index in [9.17, 15) is 14.7 Å². The molecule has 3 unspecified atom stereocenters. The molecule has 3 N–H and O–H groups in total. The lowest BCUT2D eigenvalue weighted by Gasteiger charge is -2.56. The summed E-state index contributed by atoms with van der Waals surface area (Å²) in [4.78, 5) is 46.2. The lowest BCUT2D eigenvalue weighted by molar-refractivity contribution is -0.134. The van der Waals surface area contributed by atoms with E-state index in [-0.39, 0.29) is 75.9 Å². The number of hydrogen-bond donors (Lipinski definition) is 3. The molecule has 2 amide bonds.